The van der Waals surface area contributed by atoms with E-state index in [1.807, 2.05) is 49.7 Å². The molecule has 25 heavy (non-hydrogen) atoms. The zero-order valence-electron chi connectivity index (χ0n) is 14.8. The molecule has 1 aliphatic heterocycles. The van der Waals surface area contributed by atoms with Crippen molar-refractivity contribution in [1.82, 2.24) is 9.88 Å². The lowest BCUT2D eigenvalue weighted by Crippen LogP contribution is -2.51. The van der Waals surface area contributed by atoms with E-state index in [0.29, 0.717) is 12.5 Å². The lowest BCUT2D eigenvalue weighted by molar-refractivity contribution is 0.242. The molecule has 0 radical (unpaired) electrons. The van der Waals surface area contributed by atoms with Gasteiger partial charge in [-0.15, -0.1) is 11.3 Å². The van der Waals surface area contributed by atoms with Gasteiger partial charge in [0.25, 0.3) is 0 Å². The zero-order valence-corrected chi connectivity index (χ0v) is 15.6. The Hall–Kier alpha value is -2.28. The number of nitrogens with two attached hydrogens (primary N) is 1. The molecule has 0 unspecified atom stereocenters. The van der Waals surface area contributed by atoms with Crippen molar-refractivity contribution in [2.45, 2.75) is 26.5 Å². The molecule has 1 aromatic heterocycles. The molecule has 0 atom stereocenters. The number of rotatable bonds is 5. The van der Waals surface area contributed by atoms with Crippen LogP contribution in [-0.2, 0) is 6.54 Å². The summed E-state index contributed by atoms with van der Waals surface area (Å²) in [4.78, 5) is 13.3. The van der Waals surface area contributed by atoms with Crippen LogP contribution in [0.3, 0.4) is 0 Å². The molecule has 2 heterocycles. The van der Waals surface area contributed by atoms with Gasteiger partial charge >= 0.3 is 0 Å². The highest BCUT2D eigenvalue weighted by Gasteiger charge is 2.19. The summed E-state index contributed by atoms with van der Waals surface area (Å²) >= 11 is 1.68. The van der Waals surface area contributed by atoms with Gasteiger partial charge in [-0.2, -0.15) is 0 Å². The standard InChI is InChI=1S/C18H25N5OS/c1-14(2)24-16-5-3-15(4-6-16)13-21-17(19)22-8-10-23(11-9-22)18-20-7-12-25-18/h3-7,12,14H,8-11,13H2,1-2H3,(H2,19,21). The summed E-state index contributed by atoms with van der Waals surface area (Å²) in [5, 5.41) is 3.09. The number of hydrogen-bond acceptors (Lipinski definition) is 5. The van der Waals surface area contributed by atoms with E-state index in [-0.39, 0.29) is 6.10 Å². The maximum absolute atomic E-state index is 6.18. The minimum atomic E-state index is 0.183. The van der Waals surface area contributed by atoms with Crippen LogP contribution in [0.25, 0.3) is 0 Å². The van der Waals surface area contributed by atoms with Gasteiger partial charge in [0.2, 0.25) is 0 Å². The van der Waals surface area contributed by atoms with E-state index >= 15 is 0 Å². The van der Waals surface area contributed by atoms with E-state index in [9.17, 15) is 0 Å². The third kappa shape index (κ3) is 4.85. The molecule has 0 saturated carbocycles. The number of thiazole rings is 1. The van der Waals surface area contributed by atoms with Gasteiger partial charge in [-0.3, -0.25) is 0 Å². The van der Waals surface area contributed by atoms with E-state index in [1.54, 1.807) is 11.3 Å². The quantitative estimate of drug-likeness (QED) is 0.656. The Bertz CT molecular complexity index is 676. The van der Waals surface area contributed by atoms with Crippen molar-refractivity contribution in [3.63, 3.8) is 0 Å². The number of hydrogen-bond donors (Lipinski definition) is 1. The fourth-order valence-electron chi connectivity index (χ4n) is 2.72. The van der Waals surface area contributed by atoms with Crippen LogP contribution in [0.15, 0.2) is 40.8 Å². The number of anilines is 1. The SMILES string of the molecule is CC(C)Oc1ccc(CN=C(N)N2CCN(c3nccs3)CC2)cc1. The Morgan fingerprint density at radius 2 is 1.96 bits per heavy atom. The van der Waals surface area contributed by atoms with Gasteiger partial charge in [-0.1, -0.05) is 12.1 Å². The van der Waals surface area contributed by atoms with Gasteiger partial charge < -0.3 is 20.3 Å². The molecule has 6 nitrogen and oxygen atoms in total. The molecule has 1 aromatic carbocycles. The molecule has 0 amide bonds. The van der Waals surface area contributed by atoms with Crippen molar-refractivity contribution >= 4 is 22.4 Å². The monoisotopic (exact) mass is 359 g/mol. The number of ether oxygens (including phenoxy) is 1. The number of aliphatic imine (C=N–C) groups is 1. The molecule has 0 bridgehead atoms. The van der Waals surface area contributed by atoms with Gasteiger partial charge in [0.15, 0.2) is 11.1 Å². The fraction of sp³-hybridized carbons (Fsp3) is 0.444. The van der Waals surface area contributed by atoms with E-state index in [4.69, 9.17) is 10.5 Å². The molecule has 1 fully saturated rings. The number of nitrogens with zero attached hydrogens (tertiary/aromatic N) is 4. The van der Waals surface area contributed by atoms with E-state index in [0.717, 1.165) is 42.6 Å². The topological polar surface area (TPSA) is 67.0 Å². The van der Waals surface area contributed by atoms with Crippen LogP contribution < -0.4 is 15.4 Å². The number of guanidine groups is 1. The highest BCUT2D eigenvalue weighted by molar-refractivity contribution is 7.13. The summed E-state index contributed by atoms with van der Waals surface area (Å²) in [6.45, 7) is 8.21. The Balaban J connectivity index is 1.50. The molecule has 1 aliphatic rings. The molecular weight excluding hydrogens is 334 g/mol. The van der Waals surface area contributed by atoms with Crippen molar-refractivity contribution in [3.05, 3.63) is 41.4 Å². The molecule has 134 valence electrons. The summed E-state index contributed by atoms with van der Waals surface area (Å²) in [5.74, 6) is 1.50. The molecule has 7 heteroatoms. The first-order valence-corrected chi connectivity index (χ1v) is 9.44. The lowest BCUT2D eigenvalue weighted by Gasteiger charge is -2.35. The van der Waals surface area contributed by atoms with Crippen LogP contribution in [0.1, 0.15) is 19.4 Å². The Morgan fingerprint density at radius 1 is 1.24 bits per heavy atom. The van der Waals surface area contributed by atoms with Crippen LogP contribution in [0.2, 0.25) is 0 Å². The molecule has 3 rings (SSSR count). The van der Waals surface area contributed by atoms with Gasteiger partial charge in [-0.05, 0) is 31.5 Å². The first kappa shape index (κ1) is 17.5. The molecule has 2 N–H and O–H groups in total. The molecule has 2 aromatic rings. The summed E-state index contributed by atoms with van der Waals surface area (Å²) < 4.78 is 5.65. The minimum Gasteiger partial charge on any atom is -0.491 e. The minimum absolute atomic E-state index is 0.183. The first-order valence-electron chi connectivity index (χ1n) is 8.57. The van der Waals surface area contributed by atoms with Crippen LogP contribution in [-0.4, -0.2) is 48.1 Å². The average molecular weight is 359 g/mol. The first-order chi connectivity index (χ1) is 12.1. The molecular formula is C18H25N5OS. The molecule has 0 spiro atoms. The third-order valence-electron chi connectivity index (χ3n) is 4.01. The predicted octanol–water partition coefficient (Wildman–Crippen LogP) is 2.57. The van der Waals surface area contributed by atoms with Gasteiger partial charge in [0, 0.05) is 37.8 Å². The third-order valence-corrected chi connectivity index (χ3v) is 4.84. The van der Waals surface area contributed by atoms with Crippen molar-refractivity contribution in [2.24, 2.45) is 10.7 Å². The van der Waals surface area contributed by atoms with Crippen LogP contribution in [0.4, 0.5) is 5.13 Å². The van der Waals surface area contributed by atoms with Crippen LogP contribution in [0, 0.1) is 0 Å². The number of aromatic nitrogens is 1. The summed E-state index contributed by atoms with van der Waals surface area (Å²) in [5.41, 5.74) is 7.30. The van der Waals surface area contributed by atoms with E-state index < -0.39 is 0 Å². The summed E-state index contributed by atoms with van der Waals surface area (Å²) in [7, 11) is 0. The average Bonchev–Trinajstić information content (AvgIpc) is 3.15. The van der Waals surface area contributed by atoms with Gasteiger partial charge in [0.05, 0.1) is 12.6 Å². The fourth-order valence-corrected chi connectivity index (χ4v) is 3.41. The maximum Gasteiger partial charge on any atom is 0.191 e. The van der Waals surface area contributed by atoms with Gasteiger partial charge in [0.1, 0.15) is 5.75 Å². The maximum atomic E-state index is 6.18. The van der Waals surface area contributed by atoms with Crippen molar-refractivity contribution in [3.8, 4) is 5.75 Å². The van der Waals surface area contributed by atoms with E-state index in [1.165, 1.54) is 0 Å². The smallest absolute Gasteiger partial charge is 0.191 e. The lowest BCUT2D eigenvalue weighted by atomic mass is 10.2. The Kier molecular flexibility index (Phi) is 5.75. The largest absolute Gasteiger partial charge is 0.491 e. The number of piperazine rings is 1. The Morgan fingerprint density at radius 3 is 2.56 bits per heavy atom. The Labute approximate surface area is 152 Å². The van der Waals surface area contributed by atoms with Gasteiger partial charge in [-0.25, -0.2) is 9.98 Å². The van der Waals surface area contributed by atoms with Crippen LogP contribution in [0.5, 0.6) is 5.75 Å². The predicted molar refractivity (Wildman–Crippen MR) is 103 cm³/mol. The molecule has 1 saturated heterocycles. The molecule has 0 aliphatic carbocycles. The second-order valence-electron chi connectivity index (χ2n) is 6.27. The van der Waals surface area contributed by atoms with Crippen molar-refractivity contribution in [1.29, 1.82) is 0 Å². The summed E-state index contributed by atoms with van der Waals surface area (Å²) in [6, 6.07) is 8.03. The summed E-state index contributed by atoms with van der Waals surface area (Å²) in [6.07, 6.45) is 2.03. The van der Waals surface area contributed by atoms with Crippen molar-refractivity contribution < 1.29 is 4.74 Å². The number of benzene rings is 1. The van der Waals surface area contributed by atoms with Crippen LogP contribution >= 0.6 is 11.3 Å². The second kappa shape index (κ2) is 8.20. The zero-order chi connectivity index (χ0) is 17.6. The highest BCUT2D eigenvalue weighted by Crippen LogP contribution is 2.19. The van der Waals surface area contributed by atoms with Crippen molar-refractivity contribution in [2.75, 3.05) is 31.1 Å². The normalized spacial score (nSPS) is 15.7. The highest BCUT2D eigenvalue weighted by atomic mass is 32.1. The van der Waals surface area contributed by atoms with E-state index in [2.05, 4.69) is 19.8 Å². The second-order valence-corrected chi connectivity index (χ2v) is 7.15.